The van der Waals surface area contributed by atoms with E-state index in [1.807, 2.05) is 0 Å². The Bertz CT molecular complexity index is 1160. The molecule has 0 saturated heterocycles. The maximum absolute atomic E-state index is 12.7. The number of hydrogen-bond donors (Lipinski definition) is 2. The van der Waals surface area contributed by atoms with E-state index in [1.165, 1.54) is 36.5 Å². The second-order valence-electron chi connectivity index (χ2n) is 6.77. The van der Waals surface area contributed by atoms with Gasteiger partial charge in [0.2, 0.25) is 17.7 Å². The molecule has 0 spiro atoms. The highest BCUT2D eigenvalue weighted by molar-refractivity contribution is 6.03. The second kappa shape index (κ2) is 9.34. The van der Waals surface area contributed by atoms with Crippen LogP contribution >= 0.6 is 0 Å². The molecule has 3 aromatic rings. The van der Waals surface area contributed by atoms with Crippen molar-refractivity contribution in [2.45, 2.75) is 13.1 Å². The van der Waals surface area contributed by atoms with Crippen LogP contribution in [-0.4, -0.2) is 16.8 Å². The molecule has 32 heavy (non-hydrogen) atoms. The molecule has 9 heteroatoms. The van der Waals surface area contributed by atoms with E-state index in [1.54, 1.807) is 31.2 Å². The van der Waals surface area contributed by atoms with Gasteiger partial charge in [-0.25, -0.2) is 4.98 Å². The molecule has 0 unspecified atom stereocenters. The molecular weight excluding hydrogens is 423 g/mol. The number of nitrogens with one attached hydrogen (secondary N) is 1. The zero-order chi connectivity index (χ0) is 23.3. The predicted octanol–water partition coefficient (Wildman–Crippen LogP) is 5.03. The fourth-order valence-corrected chi connectivity index (χ4v) is 2.73. The molecule has 3 N–H and O–H groups in total. The smallest absolute Gasteiger partial charge is 0.416 e. The first-order valence-corrected chi connectivity index (χ1v) is 9.32. The minimum Gasteiger partial charge on any atom is -0.439 e. The van der Waals surface area contributed by atoms with E-state index in [0.29, 0.717) is 28.1 Å². The van der Waals surface area contributed by atoms with Gasteiger partial charge >= 0.3 is 6.18 Å². The van der Waals surface area contributed by atoms with Crippen molar-refractivity contribution in [1.82, 2.24) is 4.98 Å². The third kappa shape index (κ3) is 5.94. The zero-order valence-electron chi connectivity index (χ0n) is 16.8. The van der Waals surface area contributed by atoms with Crippen LogP contribution in [-0.2, 0) is 11.0 Å². The normalized spacial score (nSPS) is 11.7. The lowest BCUT2D eigenvalue weighted by molar-refractivity contribution is -0.137. The molecule has 2 amide bonds. The van der Waals surface area contributed by atoms with Gasteiger partial charge in [0.1, 0.15) is 5.75 Å². The number of ether oxygens (including phenoxy) is 1. The van der Waals surface area contributed by atoms with E-state index in [2.05, 4.69) is 10.3 Å². The maximum atomic E-state index is 12.7. The van der Waals surface area contributed by atoms with Crippen LogP contribution < -0.4 is 15.8 Å². The standard InChI is InChI=1S/C23H18F3N3O3/c1-14(15-5-7-17(8-6-15)23(24,25)26)11-20(30)29-18-9-10-21(28-13-18)32-19-4-2-3-16(12-19)22(27)31/h2-13H,1H3,(H2,27,31)(H,29,30)/b14-11-. The molecule has 2 aromatic carbocycles. The summed E-state index contributed by atoms with van der Waals surface area (Å²) in [6, 6.07) is 13.9. The van der Waals surface area contributed by atoms with Crippen LogP contribution in [0, 0.1) is 0 Å². The molecule has 0 radical (unpaired) electrons. The predicted molar refractivity (Wildman–Crippen MR) is 113 cm³/mol. The fraction of sp³-hybridized carbons (Fsp3) is 0.0870. The van der Waals surface area contributed by atoms with E-state index in [4.69, 9.17) is 10.5 Å². The van der Waals surface area contributed by atoms with Gasteiger partial charge in [-0.2, -0.15) is 13.2 Å². The molecule has 1 heterocycles. The number of benzene rings is 2. The molecule has 164 valence electrons. The van der Waals surface area contributed by atoms with Crippen molar-refractivity contribution in [3.63, 3.8) is 0 Å². The topological polar surface area (TPSA) is 94.3 Å². The Morgan fingerprint density at radius 2 is 1.75 bits per heavy atom. The lowest BCUT2D eigenvalue weighted by Gasteiger charge is -2.09. The Hall–Kier alpha value is -4.14. The summed E-state index contributed by atoms with van der Waals surface area (Å²) in [6.45, 7) is 1.62. The number of hydrogen-bond acceptors (Lipinski definition) is 4. The largest absolute Gasteiger partial charge is 0.439 e. The molecule has 3 rings (SSSR count). The minimum atomic E-state index is -4.42. The summed E-state index contributed by atoms with van der Waals surface area (Å²) in [5, 5.41) is 2.62. The first-order chi connectivity index (χ1) is 15.1. The lowest BCUT2D eigenvalue weighted by Crippen LogP contribution is -2.10. The highest BCUT2D eigenvalue weighted by atomic mass is 19.4. The van der Waals surface area contributed by atoms with Crippen molar-refractivity contribution in [1.29, 1.82) is 0 Å². The molecule has 0 bridgehead atoms. The summed E-state index contributed by atoms with van der Waals surface area (Å²) in [5.41, 5.74) is 6.16. The third-order valence-corrected chi connectivity index (χ3v) is 4.36. The molecule has 0 aliphatic carbocycles. The highest BCUT2D eigenvalue weighted by Gasteiger charge is 2.29. The molecule has 1 aromatic heterocycles. The summed E-state index contributed by atoms with van der Waals surface area (Å²) >= 11 is 0. The van der Waals surface area contributed by atoms with Crippen LogP contribution in [0.4, 0.5) is 18.9 Å². The summed E-state index contributed by atoms with van der Waals surface area (Å²) in [5.74, 6) is -0.435. The van der Waals surface area contributed by atoms with Crippen molar-refractivity contribution in [2.24, 2.45) is 5.73 Å². The zero-order valence-corrected chi connectivity index (χ0v) is 16.8. The Morgan fingerprint density at radius 1 is 1.03 bits per heavy atom. The summed E-state index contributed by atoms with van der Waals surface area (Å²) in [4.78, 5) is 27.6. The SMILES string of the molecule is C/C(=C/C(=O)Nc1ccc(Oc2cccc(C(N)=O)c2)nc1)c1ccc(C(F)(F)F)cc1. The van der Waals surface area contributed by atoms with Gasteiger partial charge < -0.3 is 15.8 Å². The van der Waals surface area contributed by atoms with Gasteiger partial charge in [-0.3, -0.25) is 9.59 Å². The molecule has 0 aliphatic rings. The number of aromatic nitrogens is 1. The number of amides is 2. The first-order valence-electron chi connectivity index (χ1n) is 9.32. The van der Waals surface area contributed by atoms with Gasteiger partial charge in [0, 0.05) is 17.7 Å². The molecule has 0 atom stereocenters. The van der Waals surface area contributed by atoms with Gasteiger partial charge in [-0.05, 0) is 54.5 Å². The second-order valence-corrected chi connectivity index (χ2v) is 6.77. The maximum Gasteiger partial charge on any atom is 0.416 e. The van der Waals surface area contributed by atoms with Crippen LogP contribution in [0.25, 0.3) is 5.57 Å². The number of nitrogens with two attached hydrogens (primary N) is 1. The van der Waals surface area contributed by atoms with Crippen LogP contribution in [0.3, 0.4) is 0 Å². The quantitative estimate of drug-likeness (QED) is 0.525. The van der Waals surface area contributed by atoms with Gasteiger partial charge in [0.05, 0.1) is 17.4 Å². The van der Waals surface area contributed by atoms with Crippen LogP contribution in [0.5, 0.6) is 11.6 Å². The molecule has 0 fully saturated rings. The molecule has 0 aliphatic heterocycles. The summed E-state index contributed by atoms with van der Waals surface area (Å²) in [6.07, 6.45) is -1.75. The average Bonchev–Trinajstić information content (AvgIpc) is 2.74. The monoisotopic (exact) mass is 441 g/mol. The minimum absolute atomic E-state index is 0.237. The van der Waals surface area contributed by atoms with Crippen molar-refractivity contribution in [2.75, 3.05) is 5.32 Å². The van der Waals surface area contributed by atoms with Gasteiger partial charge in [-0.1, -0.05) is 18.2 Å². The fourth-order valence-electron chi connectivity index (χ4n) is 2.73. The first kappa shape index (κ1) is 22.5. The number of allylic oxidation sites excluding steroid dienone is 1. The Balaban J connectivity index is 1.63. The van der Waals surface area contributed by atoms with Crippen molar-refractivity contribution in [3.05, 3.63) is 89.6 Å². The van der Waals surface area contributed by atoms with Crippen molar-refractivity contribution < 1.29 is 27.5 Å². The summed E-state index contributed by atoms with van der Waals surface area (Å²) < 4.78 is 43.5. The van der Waals surface area contributed by atoms with Crippen molar-refractivity contribution in [3.8, 4) is 11.6 Å². The Morgan fingerprint density at radius 3 is 2.34 bits per heavy atom. The van der Waals surface area contributed by atoms with E-state index < -0.39 is 23.6 Å². The van der Waals surface area contributed by atoms with Gasteiger partial charge in [0.15, 0.2) is 0 Å². The third-order valence-electron chi connectivity index (χ3n) is 4.36. The Kier molecular flexibility index (Phi) is 6.58. The summed E-state index contributed by atoms with van der Waals surface area (Å²) in [7, 11) is 0. The number of alkyl halides is 3. The number of halogens is 3. The van der Waals surface area contributed by atoms with Crippen LogP contribution in [0.1, 0.15) is 28.4 Å². The van der Waals surface area contributed by atoms with E-state index in [-0.39, 0.29) is 5.88 Å². The number of anilines is 1. The number of rotatable bonds is 6. The number of pyridine rings is 1. The van der Waals surface area contributed by atoms with Crippen LogP contribution in [0.2, 0.25) is 0 Å². The number of nitrogens with zero attached hydrogens (tertiary/aromatic N) is 1. The van der Waals surface area contributed by atoms with Gasteiger partial charge in [0.25, 0.3) is 0 Å². The van der Waals surface area contributed by atoms with E-state index in [0.717, 1.165) is 12.1 Å². The Labute approximate surface area is 181 Å². The average molecular weight is 441 g/mol. The van der Waals surface area contributed by atoms with Crippen LogP contribution in [0.15, 0.2) is 72.9 Å². The highest BCUT2D eigenvalue weighted by Crippen LogP contribution is 2.30. The molecular formula is C23H18F3N3O3. The molecule has 6 nitrogen and oxygen atoms in total. The van der Waals surface area contributed by atoms with Gasteiger partial charge in [-0.15, -0.1) is 0 Å². The van der Waals surface area contributed by atoms with E-state index in [9.17, 15) is 22.8 Å². The number of primary amides is 1. The molecule has 0 saturated carbocycles. The number of carbonyl (C=O) groups is 2. The van der Waals surface area contributed by atoms with E-state index >= 15 is 0 Å². The number of carbonyl (C=O) groups excluding carboxylic acids is 2. The van der Waals surface area contributed by atoms with Crippen molar-refractivity contribution >= 4 is 23.1 Å². The lowest BCUT2D eigenvalue weighted by atomic mass is 10.0.